The minimum Gasteiger partial charge on any atom is -0.347 e. The fourth-order valence-corrected chi connectivity index (χ4v) is 2.46. The Labute approximate surface area is 111 Å². The van der Waals surface area contributed by atoms with E-state index in [9.17, 15) is 4.79 Å². The molecule has 5 nitrogen and oxygen atoms in total. The van der Waals surface area contributed by atoms with Crippen LogP contribution in [0.15, 0.2) is 18.2 Å². The van der Waals surface area contributed by atoms with E-state index in [1.807, 2.05) is 25.1 Å². The first-order valence-corrected chi connectivity index (χ1v) is 6.64. The van der Waals surface area contributed by atoms with Gasteiger partial charge in [0.1, 0.15) is 5.52 Å². The van der Waals surface area contributed by atoms with Gasteiger partial charge >= 0.3 is 0 Å². The lowest BCUT2D eigenvalue weighted by atomic mass is 10.2. The van der Waals surface area contributed by atoms with E-state index in [1.165, 1.54) is 12.8 Å². The molecular formula is C14H16N4O. The zero-order valence-electron chi connectivity index (χ0n) is 10.9. The largest absolute Gasteiger partial charge is 0.347 e. The minimum atomic E-state index is -0.220. The Bertz CT molecular complexity index is 620. The molecular weight excluding hydrogens is 240 g/mol. The van der Waals surface area contributed by atoms with Gasteiger partial charge < -0.3 is 5.32 Å². The fraction of sp³-hybridized carbons (Fsp3) is 0.429. The van der Waals surface area contributed by atoms with E-state index >= 15 is 0 Å². The number of aryl methyl sites for hydroxylation is 1. The van der Waals surface area contributed by atoms with E-state index < -0.39 is 0 Å². The number of fused-ring (bicyclic) bond motifs is 1. The topological polar surface area (TPSA) is 67.8 Å². The molecule has 1 amide bonds. The van der Waals surface area contributed by atoms with E-state index in [0.29, 0.717) is 11.0 Å². The SMILES string of the molecule is Cc1ccc2nnc(C(=O)NC3CCCC3)nc2c1. The van der Waals surface area contributed by atoms with E-state index in [2.05, 4.69) is 20.5 Å². The van der Waals surface area contributed by atoms with E-state index in [0.717, 1.165) is 18.4 Å². The zero-order valence-corrected chi connectivity index (χ0v) is 10.9. The first-order valence-electron chi connectivity index (χ1n) is 6.64. The molecule has 0 bridgehead atoms. The van der Waals surface area contributed by atoms with Crippen LogP contribution in [0, 0.1) is 6.92 Å². The summed E-state index contributed by atoms with van der Waals surface area (Å²) in [7, 11) is 0. The lowest BCUT2D eigenvalue weighted by Gasteiger charge is -2.10. The second-order valence-corrected chi connectivity index (χ2v) is 5.08. The third-order valence-electron chi connectivity index (χ3n) is 3.50. The number of benzene rings is 1. The third kappa shape index (κ3) is 2.54. The summed E-state index contributed by atoms with van der Waals surface area (Å²) < 4.78 is 0. The Morgan fingerprint density at radius 3 is 2.79 bits per heavy atom. The molecule has 3 rings (SSSR count). The summed E-state index contributed by atoms with van der Waals surface area (Å²) in [6.07, 6.45) is 4.46. The molecule has 19 heavy (non-hydrogen) atoms. The fourth-order valence-electron chi connectivity index (χ4n) is 2.46. The van der Waals surface area contributed by atoms with E-state index in [1.54, 1.807) is 0 Å². The van der Waals surface area contributed by atoms with Crippen molar-refractivity contribution in [2.75, 3.05) is 0 Å². The Hall–Kier alpha value is -2.04. The van der Waals surface area contributed by atoms with Crippen molar-refractivity contribution in [1.82, 2.24) is 20.5 Å². The molecule has 0 radical (unpaired) electrons. The van der Waals surface area contributed by atoms with Crippen molar-refractivity contribution >= 4 is 16.9 Å². The minimum absolute atomic E-state index is 0.157. The Balaban J connectivity index is 1.85. The average Bonchev–Trinajstić information content (AvgIpc) is 2.90. The van der Waals surface area contributed by atoms with Crippen LogP contribution in [0.4, 0.5) is 0 Å². The number of rotatable bonds is 2. The maximum Gasteiger partial charge on any atom is 0.291 e. The van der Waals surface area contributed by atoms with E-state index in [-0.39, 0.29) is 17.8 Å². The van der Waals surface area contributed by atoms with Gasteiger partial charge in [0.05, 0.1) is 5.52 Å². The van der Waals surface area contributed by atoms with Crippen LogP contribution in [0.25, 0.3) is 11.0 Å². The summed E-state index contributed by atoms with van der Waals surface area (Å²) in [5.74, 6) is -0.0622. The first kappa shape index (κ1) is 12.0. The highest BCUT2D eigenvalue weighted by molar-refractivity contribution is 5.92. The molecule has 98 valence electrons. The molecule has 1 heterocycles. The van der Waals surface area contributed by atoms with Gasteiger partial charge in [-0.1, -0.05) is 18.9 Å². The van der Waals surface area contributed by atoms with Crippen molar-refractivity contribution in [2.45, 2.75) is 38.6 Å². The van der Waals surface area contributed by atoms with Crippen molar-refractivity contribution in [1.29, 1.82) is 0 Å². The summed E-state index contributed by atoms with van der Waals surface area (Å²) in [4.78, 5) is 16.3. The molecule has 2 aromatic rings. The maximum atomic E-state index is 12.1. The van der Waals surface area contributed by atoms with Gasteiger partial charge in [-0.25, -0.2) is 4.98 Å². The molecule has 5 heteroatoms. The second-order valence-electron chi connectivity index (χ2n) is 5.08. The molecule has 1 fully saturated rings. The summed E-state index contributed by atoms with van der Waals surface area (Å²) in [6.45, 7) is 1.99. The van der Waals surface area contributed by atoms with Gasteiger partial charge in [-0.2, -0.15) is 0 Å². The average molecular weight is 256 g/mol. The van der Waals surface area contributed by atoms with Crippen LogP contribution in [-0.2, 0) is 0 Å². The molecule has 0 aliphatic heterocycles. The summed E-state index contributed by atoms with van der Waals surface area (Å²) in [6, 6.07) is 6.00. The quantitative estimate of drug-likeness (QED) is 0.892. The predicted octanol–water partition coefficient (Wildman–Crippen LogP) is 2.01. The Kier molecular flexibility index (Phi) is 3.11. The molecule has 1 aliphatic carbocycles. The molecule has 0 spiro atoms. The van der Waals surface area contributed by atoms with Crippen LogP contribution in [0.2, 0.25) is 0 Å². The number of nitrogens with zero attached hydrogens (tertiary/aromatic N) is 3. The molecule has 1 N–H and O–H groups in total. The van der Waals surface area contributed by atoms with Crippen LogP contribution < -0.4 is 5.32 Å². The normalized spacial score (nSPS) is 15.8. The number of amides is 1. The molecule has 0 atom stereocenters. The third-order valence-corrected chi connectivity index (χ3v) is 3.50. The van der Waals surface area contributed by atoms with Crippen LogP contribution >= 0.6 is 0 Å². The number of aromatic nitrogens is 3. The molecule has 1 saturated carbocycles. The van der Waals surface area contributed by atoms with Gasteiger partial charge in [-0.05, 0) is 37.5 Å². The summed E-state index contributed by atoms with van der Waals surface area (Å²) in [5, 5.41) is 10.9. The number of carbonyl (C=O) groups is 1. The number of hydrogen-bond acceptors (Lipinski definition) is 4. The zero-order chi connectivity index (χ0) is 13.2. The highest BCUT2D eigenvalue weighted by atomic mass is 16.2. The monoisotopic (exact) mass is 256 g/mol. The maximum absolute atomic E-state index is 12.1. The van der Waals surface area contributed by atoms with Crippen molar-refractivity contribution in [2.24, 2.45) is 0 Å². The van der Waals surface area contributed by atoms with E-state index in [4.69, 9.17) is 0 Å². The van der Waals surface area contributed by atoms with Gasteiger partial charge in [-0.15, -0.1) is 10.2 Å². The highest BCUT2D eigenvalue weighted by Gasteiger charge is 2.19. The highest BCUT2D eigenvalue weighted by Crippen LogP contribution is 2.18. The second kappa shape index (κ2) is 4.91. The Morgan fingerprint density at radius 2 is 2.00 bits per heavy atom. The van der Waals surface area contributed by atoms with Crippen LogP contribution in [0.5, 0.6) is 0 Å². The van der Waals surface area contributed by atoms with Crippen LogP contribution in [0.3, 0.4) is 0 Å². The molecule has 1 aromatic heterocycles. The van der Waals surface area contributed by atoms with Gasteiger partial charge in [0, 0.05) is 6.04 Å². The van der Waals surface area contributed by atoms with Crippen molar-refractivity contribution < 1.29 is 4.79 Å². The molecule has 1 aromatic carbocycles. The van der Waals surface area contributed by atoms with Crippen molar-refractivity contribution in [3.8, 4) is 0 Å². The van der Waals surface area contributed by atoms with Gasteiger partial charge in [-0.3, -0.25) is 4.79 Å². The van der Waals surface area contributed by atoms with Gasteiger partial charge in [0.25, 0.3) is 5.91 Å². The standard InChI is InChI=1S/C14H16N4O/c1-9-6-7-11-12(8-9)16-13(18-17-11)14(19)15-10-4-2-3-5-10/h6-8,10H,2-5H2,1H3,(H,15,19). The predicted molar refractivity (Wildman–Crippen MR) is 71.8 cm³/mol. The van der Waals surface area contributed by atoms with Crippen molar-refractivity contribution in [3.05, 3.63) is 29.6 Å². The number of carbonyl (C=O) groups excluding carboxylic acids is 1. The van der Waals surface area contributed by atoms with Gasteiger partial charge in [0.2, 0.25) is 5.82 Å². The van der Waals surface area contributed by atoms with Gasteiger partial charge in [0.15, 0.2) is 0 Å². The molecule has 0 saturated heterocycles. The number of hydrogen-bond donors (Lipinski definition) is 1. The van der Waals surface area contributed by atoms with Crippen LogP contribution in [-0.4, -0.2) is 27.1 Å². The summed E-state index contributed by atoms with van der Waals surface area (Å²) >= 11 is 0. The van der Waals surface area contributed by atoms with Crippen molar-refractivity contribution in [3.63, 3.8) is 0 Å². The Morgan fingerprint density at radius 1 is 1.21 bits per heavy atom. The smallest absolute Gasteiger partial charge is 0.291 e. The lowest BCUT2D eigenvalue weighted by Crippen LogP contribution is -2.33. The lowest BCUT2D eigenvalue weighted by molar-refractivity contribution is 0.0926. The first-order chi connectivity index (χ1) is 9.22. The number of nitrogens with one attached hydrogen (secondary N) is 1. The van der Waals surface area contributed by atoms with Crippen LogP contribution in [0.1, 0.15) is 41.9 Å². The molecule has 0 unspecified atom stereocenters. The molecule has 1 aliphatic rings. The summed E-state index contributed by atoms with van der Waals surface area (Å²) in [5.41, 5.74) is 2.52.